The molecule has 9 nitrogen and oxygen atoms in total. The third-order valence-corrected chi connectivity index (χ3v) is 9.60. The molecule has 0 radical (unpaired) electrons. The van der Waals surface area contributed by atoms with Crippen LogP contribution in [0.2, 0.25) is 0 Å². The summed E-state index contributed by atoms with van der Waals surface area (Å²) in [6.45, 7) is 2.08. The number of ether oxygens (including phenoxy) is 2. The van der Waals surface area contributed by atoms with Crippen LogP contribution in [0, 0.1) is 6.92 Å². The maximum absolute atomic E-state index is 12.4. The number of nitrogens with one attached hydrogen (secondary N) is 2. The van der Waals surface area contributed by atoms with E-state index in [1.807, 2.05) is 42.5 Å². The monoisotopic (exact) mass is 692 g/mol. The smallest absolute Gasteiger partial charge is 0.255 e. The standard InChI is InChI=1S/C19H18N2O3S.C19H18N2O2S/c1-24-14-5-2-12(3-6-14)19(23)21-17-10-13(4-8-16(17)20)18-9-7-15(11-22)25-18;1-12-3-10-18(24-12)14-6-9-16(20)17(11-14)21-19(22)13-4-7-15(23-2)8-5-13/h2-10,22H,11,20H2,1H3,(H,21,23);3-11H,20H2,1-2H3,(H,21,22). The predicted octanol–water partition coefficient (Wildman–Crippen LogP) is 8.32. The summed E-state index contributed by atoms with van der Waals surface area (Å²) >= 11 is 3.21. The summed E-state index contributed by atoms with van der Waals surface area (Å²) in [7, 11) is 3.17. The molecule has 11 heteroatoms. The molecule has 4 aromatic carbocycles. The zero-order valence-electron chi connectivity index (χ0n) is 27.2. The van der Waals surface area contributed by atoms with E-state index >= 15 is 0 Å². The second-order valence-electron chi connectivity index (χ2n) is 10.8. The van der Waals surface area contributed by atoms with E-state index in [4.69, 9.17) is 20.9 Å². The number of rotatable bonds is 9. The van der Waals surface area contributed by atoms with Crippen LogP contribution in [0.1, 0.15) is 30.5 Å². The molecule has 2 heterocycles. The van der Waals surface area contributed by atoms with E-state index in [1.165, 1.54) is 16.2 Å². The highest BCUT2D eigenvalue weighted by molar-refractivity contribution is 7.15. The Balaban J connectivity index is 0.000000191. The third-order valence-electron chi connectivity index (χ3n) is 7.43. The number of hydrogen-bond acceptors (Lipinski definition) is 9. The average molecular weight is 693 g/mol. The van der Waals surface area contributed by atoms with Gasteiger partial charge in [-0.25, -0.2) is 0 Å². The van der Waals surface area contributed by atoms with Crippen molar-refractivity contribution in [2.75, 3.05) is 36.3 Å². The fourth-order valence-electron chi connectivity index (χ4n) is 4.72. The number of methoxy groups -OCH3 is 2. The molecule has 0 fully saturated rings. The Labute approximate surface area is 292 Å². The highest BCUT2D eigenvalue weighted by Gasteiger charge is 2.12. The minimum atomic E-state index is -0.242. The molecule has 250 valence electrons. The Morgan fingerprint density at radius 3 is 1.47 bits per heavy atom. The number of benzene rings is 4. The molecule has 2 aromatic heterocycles. The van der Waals surface area contributed by atoms with Crippen LogP contribution >= 0.6 is 22.7 Å². The van der Waals surface area contributed by atoms with Crippen LogP contribution in [0.5, 0.6) is 11.5 Å². The van der Waals surface area contributed by atoms with Crippen molar-refractivity contribution in [3.8, 4) is 32.4 Å². The van der Waals surface area contributed by atoms with Crippen molar-refractivity contribution in [1.29, 1.82) is 0 Å². The van der Waals surface area contributed by atoms with Crippen LogP contribution in [0.15, 0.2) is 109 Å². The van der Waals surface area contributed by atoms with Crippen LogP contribution in [0.4, 0.5) is 22.7 Å². The lowest BCUT2D eigenvalue weighted by atomic mass is 10.1. The van der Waals surface area contributed by atoms with Gasteiger partial charge in [0.15, 0.2) is 0 Å². The Morgan fingerprint density at radius 1 is 0.633 bits per heavy atom. The van der Waals surface area contributed by atoms with Crippen molar-refractivity contribution in [3.05, 3.63) is 130 Å². The predicted molar refractivity (Wildman–Crippen MR) is 201 cm³/mol. The van der Waals surface area contributed by atoms with E-state index in [9.17, 15) is 14.7 Å². The van der Waals surface area contributed by atoms with Crippen molar-refractivity contribution in [1.82, 2.24) is 0 Å². The summed E-state index contributed by atoms with van der Waals surface area (Å²) in [6.07, 6.45) is 0. The van der Waals surface area contributed by atoms with E-state index in [2.05, 4.69) is 29.7 Å². The zero-order valence-corrected chi connectivity index (χ0v) is 28.8. The summed E-state index contributed by atoms with van der Waals surface area (Å²) in [5, 5.41) is 14.9. The van der Waals surface area contributed by atoms with Gasteiger partial charge in [0, 0.05) is 30.6 Å². The number of aliphatic hydroxyl groups excluding tert-OH is 1. The molecule has 0 saturated carbocycles. The van der Waals surface area contributed by atoms with Gasteiger partial charge in [-0.2, -0.15) is 0 Å². The minimum Gasteiger partial charge on any atom is -0.497 e. The Kier molecular flexibility index (Phi) is 11.3. The highest BCUT2D eigenvalue weighted by Crippen LogP contribution is 2.33. The summed E-state index contributed by atoms with van der Waals surface area (Å²) in [5.41, 5.74) is 17.2. The van der Waals surface area contributed by atoms with Gasteiger partial charge in [0.1, 0.15) is 11.5 Å². The molecular formula is C38H36N4O5S2. The molecule has 0 aliphatic carbocycles. The SMILES string of the molecule is COc1ccc(C(=O)Nc2cc(-c3ccc(C)s3)ccc2N)cc1.COc1ccc(C(=O)Nc2cc(-c3ccc(CO)s3)ccc2N)cc1. The van der Waals surface area contributed by atoms with Gasteiger partial charge in [0.05, 0.1) is 43.6 Å². The number of amides is 2. The topological polar surface area (TPSA) is 149 Å². The first-order chi connectivity index (χ1) is 23.7. The minimum absolute atomic E-state index is 0.0146. The molecule has 49 heavy (non-hydrogen) atoms. The lowest BCUT2D eigenvalue weighted by Gasteiger charge is -2.10. The average Bonchev–Trinajstić information content (AvgIpc) is 3.80. The summed E-state index contributed by atoms with van der Waals surface area (Å²) in [4.78, 5) is 29.1. The van der Waals surface area contributed by atoms with Crippen molar-refractivity contribution >= 4 is 57.2 Å². The van der Waals surface area contributed by atoms with E-state index in [0.29, 0.717) is 45.4 Å². The fourth-order valence-corrected chi connectivity index (χ4v) is 6.44. The van der Waals surface area contributed by atoms with Crippen LogP contribution in [0.25, 0.3) is 20.9 Å². The van der Waals surface area contributed by atoms with Gasteiger partial charge in [-0.3, -0.25) is 9.59 Å². The molecule has 7 N–H and O–H groups in total. The van der Waals surface area contributed by atoms with Crippen LogP contribution < -0.4 is 31.6 Å². The molecule has 0 bridgehead atoms. The number of nitrogens with two attached hydrogens (primary N) is 2. The molecule has 6 aromatic rings. The van der Waals surface area contributed by atoms with E-state index < -0.39 is 0 Å². The fraction of sp³-hybridized carbons (Fsp3) is 0.105. The number of thiophene rings is 2. The number of carbonyl (C=O) groups is 2. The van der Waals surface area contributed by atoms with Crippen molar-refractivity contribution < 1.29 is 24.2 Å². The van der Waals surface area contributed by atoms with Gasteiger partial charge in [-0.15, -0.1) is 22.7 Å². The number of nitrogen functional groups attached to an aromatic ring is 2. The van der Waals surface area contributed by atoms with Crippen molar-refractivity contribution in [2.24, 2.45) is 0 Å². The molecule has 0 spiro atoms. The molecular weight excluding hydrogens is 657 g/mol. The lowest BCUT2D eigenvalue weighted by Crippen LogP contribution is -2.13. The second kappa shape index (κ2) is 16.0. The van der Waals surface area contributed by atoms with E-state index in [1.54, 1.807) is 80.2 Å². The highest BCUT2D eigenvalue weighted by atomic mass is 32.1. The van der Waals surface area contributed by atoms with Gasteiger partial charge < -0.3 is 36.7 Å². The number of hydrogen-bond donors (Lipinski definition) is 5. The third kappa shape index (κ3) is 8.85. The maximum atomic E-state index is 12.4. The first-order valence-corrected chi connectivity index (χ1v) is 16.8. The van der Waals surface area contributed by atoms with Crippen LogP contribution in [-0.2, 0) is 6.61 Å². The first-order valence-electron chi connectivity index (χ1n) is 15.1. The molecule has 0 saturated heterocycles. The van der Waals surface area contributed by atoms with Crippen LogP contribution in [-0.4, -0.2) is 31.1 Å². The van der Waals surface area contributed by atoms with Gasteiger partial charge >= 0.3 is 0 Å². The van der Waals surface area contributed by atoms with E-state index in [0.717, 1.165) is 25.8 Å². The Hall–Kier alpha value is -5.62. The number of aliphatic hydroxyl groups is 1. The van der Waals surface area contributed by atoms with Gasteiger partial charge in [-0.1, -0.05) is 12.1 Å². The second-order valence-corrected chi connectivity index (χ2v) is 13.3. The molecule has 0 aliphatic rings. The number of anilines is 4. The first kappa shape index (κ1) is 34.7. The van der Waals surface area contributed by atoms with Gasteiger partial charge in [0.2, 0.25) is 0 Å². The number of aryl methyl sites for hydroxylation is 1. The van der Waals surface area contributed by atoms with Crippen molar-refractivity contribution in [3.63, 3.8) is 0 Å². The summed E-state index contributed by atoms with van der Waals surface area (Å²) < 4.78 is 10.2. The number of carbonyl (C=O) groups excluding carboxylic acids is 2. The van der Waals surface area contributed by atoms with E-state index in [-0.39, 0.29) is 18.4 Å². The Bertz CT molecular complexity index is 2050. The summed E-state index contributed by atoms with van der Waals surface area (Å²) in [6, 6.07) is 32.9. The Morgan fingerprint density at radius 2 is 1.08 bits per heavy atom. The largest absolute Gasteiger partial charge is 0.497 e. The molecule has 0 atom stereocenters. The molecule has 6 rings (SSSR count). The van der Waals surface area contributed by atoms with Gasteiger partial charge in [0.25, 0.3) is 11.8 Å². The van der Waals surface area contributed by atoms with Gasteiger partial charge in [-0.05, 0) is 115 Å². The molecule has 2 amide bonds. The maximum Gasteiger partial charge on any atom is 0.255 e. The quantitative estimate of drug-likeness (QED) is 0.0957. The molecule has 0 aliphatic heterocycles. The van der Waals surface area contributed by atoms with Crippen LogP contribution in [0.3, 0.4) is 0 Å². The lowest BCUT2D eigenvalue weighted by molar-refractivity contribution is 0.101. The normalized spacial score (nSPS) is 10.4. The molecule has 0 unspecified atom stereocenters. The van der Waals surface area contributed by atoms with Crippen molar-refractivity contribution in [2.45, 2.75) is 13.5 Å². The zero-order chi connectivity index (χ0) is 34.9. The summed E-state index contributed by atoms with van der Waals surface area (Å²) in [5.74, 6) is 0.953.